The van der Waals surface area contributed by atoms with E-state index in [4.69, 9.17) is 4.42 Å². The van der Waals surface area contributed by atoms with Gasteiger partial charge in [0.1, 0.15) is 11.6 Å². The first kappa shape index (κ1) is 24.1. The van der Waals surface area contributed by atoms with Crippen LogP contribution >= 0.6 is 0 Å². The third-order valence-electron chi connectivity index (χ3n) is 4.82. The summed E-state index contributed by atoms with van der Waals surface area (Å²) in [5, 5.41) is 0. The summed E-state index contributed by atoms with van der Waals surface area (Å²) in [5.74, 6) is 1.44. The van der Waals surface area contributed by atoms with Gasteiger partial charge in [0, 0.05) is 25.7 Å². The molecule has 0 radical (unpaired) electrons. The molecule has 1 rings (SSSR count). The summed E-state index contributed by atoms with van der Waals surface area (Å²) in [6.45, 7) is 10.4. The Morgan fingerprint density at radius 1 is 0.964 bits per heavy atom. The number of rotatable bonds is 14. The van der Waals surface area contributed by atoms with E-state index in [1.54, 1.807) is 12.5 Å². The molecule has 3 nitrogen and oxygen atoms in total. The fourth-order valence-electron chi connectivity index (χ4n) is 3.39. The highest BCUT2D eigenvalue weighted by Gasteiger charge is 2.10. The normalized spacial score (nSPS) is 13.8. The Morgan fingerprint density at radius 2 is 1.57 bits per heavy atom. The fourth-order valence-corrected chi connectivity index (χ4v) is 3.39. The summed E-state index contributed by atoms with van der Waals surface area (Å²) in [6, 6.07) is 1.98. The lowest BCUT2D eigenvalue weighted by atomic mass is 9.95. The molecule has 28 heavy (non-hydrogen) atoms. The fraction of sp³-hybridized carbons (Fsp3) is 0.600. The highest BCUT2D eigenvalue weighted by Crippen LogP contribution is 2.17. The van der Waals surface area contributed by atoms with E-state index in [1.165, 1.54) is 5.56 Å². The minimum atomic E-state index is 0.317. The molecular weight excluding hydrogens is 348 g/mol. The molecule has 1 unspecified atom stereocenters. The van der Waals surface area contributed by atoms with Gasteiger partial charge >= 0.3 is 0 Å². The van der Waals surface area contributed by atoms with Gasteiger partial charge in [0.25, 0.3) is 0 Å². The zero-order valence-electron chi connectivity index (χ0n) is 18.4. The summed E-state index contributed by atoms with van der Waals surface area (Å²) in [7, 11) is 0. The van der Waals surface area contributed by atoms with E-state index in [1.807, 2.05) is 19.9 Å². The highest BCUT2D eigenvalue weighted by molar-refractivity contribution is 5.81. The average molecular weight is 387 g/mol. The van der Waals surface area contributed by atoms with Gasteiger partial charge in [0.2, 0.25) is 0 Å². The van der Waals surface area contributed by atoms with E-state index in [2.05, 4.69) is 32.9 Å². The van der Waals surface area contributed by atoms with E-state index >= 15 is 0 Å². The van der Waals surface area contributed by atoms with Crippen molar-refractivity contribution in [1.82, 2.24) is 0 Å². The van der Waals surface area contributed by atoms with Crippen molar-refractivity contribution in [2.24, 2.45) is 11.8 Å². The lowest BCUT2D eigenvalue weighted by Crippen LogP contribution is -2.06. The van der Waals surface area contributed by atoms with E-state index < -0.39 is 0 Å². The van der Waals surface area contributed by atoms with Crippen molar-refractivity contribution >= 4 is 11.6 Å². The van der Waals surface area contributed by atoms with Crippen molar-refractivity contribution in [3.8, 4) is 0 Å². The van der Waals surface area contributed by atoms with E-state index in [0.717, 1.165) is 36.8 Å². The molecule has 0 aliphatic rings. The maximum absolute atomic E-state index is 12.3. The minimum absolute atomic E-state index is 0.317. The Labute approximate surface area is 171 Å². The van der Waals surface area contributed by atoms with Gasteiger partial charge in [-0.1, -0.05) is 44.1 Å². The second kappa shape index (κ2) is 13.3. The van der Waals surface area contributed by atoms with Crippen molar-refractivity contribution < 1.29 is 14.0 Å². The molecule has 0 bridgehead atoms. The Morgan fingerprint density at radius 3 is 2.14 bits per heavy atom. The third kappa shape index (κ3) is 11.7. The van der Waals surface area contributed by atoms with E-state index in [9.17, 15) is 9.59 Å². The number of carbonyl (C=O) groups is 2. The molecule has 1 atom stereocenters. The zero-order chi connectivity index (χ0) is 20.9. The molecule has 156 valence electrons. The molecule has 1 aromatic rings. The largest absolute Gasteiger partial charge is 0.472 e. The zero-order valence-corrected chi connectivity index (χ0v) is 18.4. The number of allylic oxidation sites excluding steroid dienone is 4. The predicted molar refractivity (Wildman–Crippen MR) is 116 cm³/mol. The van der Waals surface area contributed by atoms with Crippen molar-refractivity contribution in [2.75, 3.05) is 0 Å². The summed E-state index contributed by atoms with van der Waals surface area (Å²) >= 11 is 0. The number of furan rings is 1. The summed E-state index contributed by atoms with van der Waals surface area (Å²) in [4.78, 5) is 24.1. The second-order valence-corrected chi connectivity index (χ2v) is 8.69. The molecule has 0 spiro atoms. The SMILES string of the molecule is CC(=CCCC(C)CC(=O)CC(C)=CCCc1ccoc1)CC(=O)CC(C)C. The Bertz CT molecular complexity index is 647. The number of ketones is 2. The molecule has 0 aliphatic heterocycles. The van der Waals surface area contributed by atoms with Crippen molar-refractivity contribution in [2.45, 2.75) is 86.0 Å². The Balaban J connectivity index is 2.24. The summed E-state index contributed by atoms with van der Waals surface area (Å²) in [6.07, 6.45) is 14.0. The molecule has 0 saturated heterocycles. The van der Waals surface area contributed by atoms with Gasteiger partial charge in [-0.2, -0.15) is 0 Å². The van der Waals surface area contributed by atoms with Gasteiger partial charge in [-0.25, -0.2) is 0 Å². The van der Waals surface area contributed by atoms with Crippen molar-refractivity contribution in [1.29, 1.82) is 0 Å². The Hall–Kier alpha value is -1.90. The van der Waals surface area contributed by atoms with Crippen LogP contribution in [0.3, 0.4) is 0 Å². The van der Waals surface area contributed by atoms with Gasteiger partial charge in [-0.15, -0.1) is 0 Å². The molecule has 0 amide bonds. The molecular formula is C25H38O3. The first-order valence-electron chi connectivity index (χ1n) is 10.6. The number of Topliss-reactive ketones (excluding diaryl/α,β-unsaturated/α-hetero) is 2. The van der Waals surface area contributed by atoms with Crippen molar-refractivity contribution in [3.05, 3.63) is 47.5 Å². The maximum Gasteiger partial charge on any atom is 0.137 e. The molecule has 3 heteroatoms. The van der Waals surface area contributed by atoms with Crippen LogP contribution in [-0.2, 0) is 16.0 Å². The standard InChI is InChI=1S/C25H38O3/c1-19(2)14-24(26)15-20(3)8-6-9-21(4)16-25(27)17-22(5)10-7-11-23-12-13-28-18-23/h8,10,12-13,18-19,21H,6-7,9,11,14-17H2,1-5H3. The first-order chi connectivity index (χ1) is 13.3. The van der Waals surface area contributed by atoms with Gasteiger partial charge in [0.05, 0.1) is 12.5 Å². The molecule has 0 fully saturated rings. The molecule has 1 aromatic heterocycles. The van der Waals surface area contributed by atoms with Crippen LogP contribution in [0.5, 0.6) is 0 Å². The first-order valence-corrected chi connectivity index (χ1v) is 10.6. The molecule has 0 aromatic carbocycles. The second-order valence-electron chi connectivity index (χ2n) is 8.69. The molecule has 0 aliphatic carbocycles. The van der Waals surface area contributed by atoms with Crippen molar-refractivity contribution in [3.63, 3.8) is 0 Å². The van der Waals surface area contributed by atoms with Crippen LogP contribution in [0.1, 0.15) is 85.1 Å². The van der Waals surface area contributed by atoms with Gasteiger partial charge in [-0.05, 0) is 63.0 Å². The van der Waals surface area contributed by atoms with Crippen LogP contribution in [0.4, 0.5) is 0 Å². The highest BCUT2D eigenvalue weighted by atomic mass is 16.3. The van der Waals surface area contributed by atoms with E-state index in [0.29, 0.717) is 49.1 Å². The number of hydrogen-bond donors (Lipinski definition) is 0. The Kier molecular flexibility index (Phi) is 11.5. The third-order valence-corrected chi connectivity index (χ3v) is 4.82. The quantitative estimate of drug-likeness (QED) is 0.328. The van der Waals surface area contributed by atoms with E-state index in [-0.39, 0.29) is 0 Å². The minimum Gasteiger partial charge on any atom is -0.472 e. The lowest BCUT2D eigenvalue weighted by Gasteiger charge is -2.10. The molecule has 1 heterocycles. The van der Waals surface area contributed by atoms with Gasteiger partial charge in [0.15, 0.2) is 0 Å². The van der Waals surface area contributed by atoms with Gasteiger partial charge < -0.3 is 4.42 Å². The van der Waals surface area contributed by atoms with Gasteiger partial charge in [-0.3, -0.25) is 9.59 Å². The van der Waals surface area contributed by atoms with Crippen LogP contribution in [0, 0.1) is 11.8 Å². The van der Waals surface area contributed by atoms with Crippen LogP contribution in [-0.4, -0.2) is 11.6 Å². The topological polar surface area (TPSA) is 47.3 Å². The average Bonchev–Trinajstić information content (AvgIpc) is 3.06. The maximum atomic E-state index is 12.3. The molecule has 0 N–H and O–H groups in total. The smallest absolute Gasteiger partial charge is 0.137 e. The monoisotopic (exact) mass is 386 g/mol. The van der Waals surface area contributed by atoms with Crippen LogP contribution < -0.4 is 0 Å². The van der Waals surface area contributed by atoms with Crippen LogP contribution in [0.25, 0.3) is 0 Å². The summed E-state index contributed by atoms with van der Waals surface area (Å²) < 4.78 is 5.07. The predicted octanol–water partition coefficient (Wildman–Crippen LogP) is 6.88. The number of hydrogen-bond acceptors (Lipinski definition) is 3. The number of carbonyl (C=O) groups excluding carboxylic acids is 2. The van der Waals surface area contributed by atoms with Crippen LogP contribution in [0.2, 0.25) is 0 Å². The summed E-state index contributed by atoms with van der Waals surface area (Å²) in [5.41, 5.74) is 3.50. The lowest BCUT2D eigenvalue weighted by molar-refractivity contribution is -0.120. The van der Waals surface area contributed by atoms with Crippen LogP contribution in [0.15, 0.2) is 46.3 Å². The molecule has 0 saturated carbocycles. The number of aryl methyl sites for hydroxylation is 1.